The maximum Gasteiger partial charge on any atom is 0.237 e. The lowest BCUT2D eigenvalue weighted by atomic mass is 10.2. The van der Waals surface area contributed by atoms with Crippen molar-refractivity contribution in [2.45, 2.75) is 17.3 Å². The second-order valence-electron chi connectivity index (χ2n) is 5.59. The van der Waals surface area contributed by atoms with Gasteiger partial charge in [0.1, 0.15) is 11.9 Å². The number of hydrogen-bond acceptors (Lipinski definition) is 6. The van der Waals surface area contributed by atoms with Gasteiger partial charge in [0.25, 0.3) is 0 Å². The van der Waals surface area contributed by atoms with E-state index in [0.717, 1.165) is 11.8 Å². The largest absolute Gasteiger partial charge is 0.335 e. The van der Waals surface area contributed by atoms with Crippen molar-refractivity contribution in [3.8, 4) is 17.5 Å². The predicted octanol–water partition coefficient (Wildman–Crippen LogP) is 2.79. The summed E-state index contributed by atoms with van der Waals surface area (Å²) in [5, 5.41) is 19.6. The van der Waals surface area contributed by atoms with Crippen LogP contribution in [-0.2, 0) is 4.79 Å². The predicted molar refractivity (Wildman–Crippen MR) is 101 cm³/mol. The van der Waals surface area contributed by atoms with Gasteiger partial charge >= 0.3 is 0 Å². The molecule has 3 rings (SSSR count). The van der Waals surface area contributed by atoms with Crippen LogP contribution >= 0.6 is 11.8 Å². The number of nitrogen functional groups attached to an aromatic ring is 1. The molecule has 1 heterocycles. The molecule has 3 N–H and O–H groups in total. The van der Waals surface area contributed by atoms with E-state index in [2.05, 4.69) is 15.5 Å². The number of carbonyl (C=O) groups is 1. The van der Waals surface area contributed by atoms with Crippen molar-refractivity contribution >= 4 is 23.4 Å². The third kappa shape index (κ3) is 4.07. The summed E-state index contributed by atoms with van der Waals surface area (Å²) in [6.07, 6.45) is 0. The minimum Gasteiger partial charge on any atom is -0.335 e. The molecule has 0 radical (unpaired) electrons. The van der Waals surface area contributed by atoms with Crippen LogP contribution in [0.3, 0.4) is 0 Å². The Morgan fingerprint density at radius 1 is 1.26 bits per heavy atom. The number of benzene rings is 2. The number of nitrogens with one attached hydrogen (secondary N) is 1. The first-order chi connectivity index (χ1) is 13.0. The molecular weight excluding hydrogens is 367 g/mol. The number of amides is 1. The van der Waals surface area contributed by atoms with Gasteiger partial charge in [-0.25, -0.2) is 9.07 Å². The Balaban J connectivity index is 1.72. The summed E-state index contributed by atoms with van der Waals surface area (Å²) >= 11 is 1.12. The van der Waals surface area contributed by atoms with Crippen LogP contribution in [0.5, 0.6) is 0 Å². The Kier molecular flexibility index (Phi) is 5.38. The Labute approximate surface area is 159 Å². The molecule has 7 nitrogen and oxygen atoms in total. The molecule has 0 aliphatic rings. The Morgan fingerprint density at radius 2 is 1.96 bits per heavy atom. The summed E-state index contributed by atoms with van der Waals surface area (Å²) in [5.74, 6) is 5.72. The molecule has 0 saturated carbocycles. The minimum absolute atomic E-state index is 0.297. The van der Waals surface area contributed by atoms with Gasteiger partial charge in [-0.15, -0.1) is 10.2 Å². The molecule has 27 heavy (non-hydrogen) atoms. The molecule has 0 bridgehead atoms. The smallest absolute Gasteiger partial charge is 0.237 e. The van der Waals surface area contributed by atoms with Crippen LogP contribution < -0.4 is 11.2 Å². The number of halogens is 1. The fourth-order valence-electron chi connectivity index (χ4n) is 2.29. The Hall–Kier alpha value is -3.38. The van der Waals surface area contributed by atoms with Gasteiger partial charge in [0.15, 0.2) is 5.82 Å². The van der Waals surface area contributed by atoms with Crippen LogP contribution in [-0.4, -0.2) is 26.0 Å². The summed E-state index contributed by atoms with van der Waals surface area (Å²) in [6, 6.07) is 14.5. The van der Waals surface area contributed by atoms with Gasteiger partial charge in [0, 0.05) is 5.56 Å². The zero-order chi connectivity index (χ0) is 19.4. The van der Waals surface area contributed by atoms with E-state index in [1.165, 1.54) is 16.8 Å². The fourth-order valence-corrected chi connectivity index (χ4v) is 3.06. The molecule has 1 unspecified atom stereocenters. The van der Waals surface area contributed by atoms with Gasteiger partial charge in [0.2, 0.25) is 11.1 Å². The highest BCUT2D eigenvalue weighted by Crippen LogP contribution is 2.26. The van der Waals surface area contributed by atoms with Crippen molar-refractivity contribution in [2.24, 2.45) is 0 Å². The Bertz CT molecular complexity index is 1010. The number of hydrogen-bond donors (Lipinski definition) is 2. The number of nitrogens with two attached hydrogens (primary N) is 1. The van der Waals surface area contributed by atoms with E-state index in [4.69, 9.17) is 11.1 Å². The molecule has 0 aliphatic carbocycles. The molecule has 2 aromatic carbocycles. The first-order valence-electron chi connectivity index (χ1n) is 7.92. The second kappa shape index (κ2) is 7.88. The normalized spacial score (nSPS) is 11.6. The number of nitrogens with zero attached hydrogens (tertiary/aromatic N) is 4. The monoisotopic (exact) mass is 382 g/mol. The van der Waals surface area contributed by atoms with Crippen molar-refractivity contribution in [1.29, 1.82) is 5.26 Å². The SMILES string of the molecule is CC(Sc1nnc(-c2ccc(F)cc2)n1N)C(=O)Nc1ccccc1C#N. The van der Waals surface area contributed by atoms with Crippen LogP contribution in [0.4, 0.5) is 10.1 Å². The van der Waals surface area contributed by atoms with Crippen molar-refractivity contribution in [2.75, 3.05) is 11.2 Å². The van der Waals surface area contributed by atoms with E-state index in [0.29, 0.717) is 27.8 Å². The number of thioether (sulfide) groups is 1. The van der Waals surface area contributed by atoms with E-state index in [-0.39, 0.29) is 11.7 Å². The van der Waals surface area contributed by atoms with Crippen molar-refractivity contribution in [1.82, 2.24) is 14.9 Å². The summed E-state index contributed by atoms with van der Waals surface area (Å²) in [7, 11) is 0. The van der Waals surface area contributed by atoms with Crippen LogP contribution in [0.2, 0.25) is 0 Å². The number of aromatic nitrogens is 3. The van der Waals surface area contributed by atoms with Crippen LogP contribution in [0.1, 0.15) is 12.5 Å². The molecule has 1 amide bonds. The van der Waals surface area contributed by atoms with Crippen LogP contribution in [0.25, 0.3) is 11.4 Å². The zero-order valence-corrected chi connectivity index (χ0v) is 15.1. The summed E-state index contributed by atoms with van der Waals surface area (Å²) < 4.78 is 14.3. The quantitative estimate of drug-likeness (QED) is 0.519. The molecule has 0 aliphatic heterocycles. The van der Waals surface area contributed by atoms with Crippen LogP contribution in [0.15, 0.2) is 53.7 Å². The lowest BCUT2D eigenvalue weighted by Gasteiger charge is -2.12. The average Bonchev–Trinajstić information content (AvgIpc) is 3.03. The molecule has 9 heteroatoms. The van der Waals surface area contributed by atoms with Gasteiger partial charge in [-0.3, -0.25) is 4.79 Å². The van der Waals surface area contributed by atoms with Gasteiger partial charge in [-0.1, -0.05) is 23.9 Å². The third-order valence-corrected chi connectivity index (χ3v) is 4.78. The molecule has 1 atom stereocenters. The summed E-state index contributed by atoms with van der Waals surface area (Å²) in [5.41, 5.74) is 1.43. The standard InChI is InChI=1S/C18H15FN6OS/c1-11(17(26)22-15-5-3-2-4-13(15)10-20)27-18-24-23-16(25(18)21)12-6-8-14(19)9-7-12/h2-9,11H,21H2,1H3,(H,22,26). The minimum atomic E-state index is -0.538. The van der Waals surface area contributed by atoms with Gasteiger partial charge in [-0.05, 0) is 43.3 Å². The average molecular weight is 382 g/mol. The second-order valence-corrected chi connectivity index (χ2v) is 6.90. The van der Waals surface area contributed by atoms with E-state index in [1.807, 2.05) is 6.07 Å². The van der Waals surface area contributed by atoms with E-state index < -0.39 is 5.25 Å². The molecule has 1 aromatic heterocycles. The first kappa shape index (κ1) is 18.4. The lowest BCUT2D eigenvalue weighted by molar-refractivity contribution is -0.115. The highest BCUT2D eigenvalue weighted by molar-refractivity contribution is 8.00. The number of anilines is 1. The summed E-state index contributed by atoms with van der Waals surface area (Å²) in [4.78, 5) is 12.4. The molecule has 0 spiro atoms. The third-order valence-electron chi connectivity index (χ3n) is 3.72. The van der Waals surface area contributed by atoms with E-state index in [1.54, 1.807) is 43.3 Å². The zero-order valence-electron chi connectivity index (χ0n) is 14.3. The topological polar surface area (TPSA) is 110 Å². The van der Waals surface area contributed by atoms with Gasteiger partial charge < -0.3 is 11.2 Å². The van der Waals surface area contributed by atoms with Crippen molar-refractivity contribution in [3.63, 3.8) is 0 Å². The molecule has 0 saturated heterocycles. The van der Waals surface area contributed by atoms with E-state index >= 15 is 0 Å². The maximum atomic E-state index is 13.1. The number of rotatable bonds is 5. The lowest BCUT2D eigenvalue weighted by Crippen LogP contribution is -2.24. The number of carbonyl (C=O) groups excluding carboxylic acids is 1. The van der Waals surface area contributed by atoms with E-state index in [9.17, 15) is 9.18 Å². The molecular formula is C18H15FN6OS. The Morgan fingerprint density at radius 3 is 2.67 bits per heavy atom. The van der Waals surface area contributed by atoms with Gasteiger partial charge in [0.05, 0.1) is 16.5 Å². The molecule has 3 aromatic rings. The fraction of sp³-hybridized carbons (Fsp3) is 0.111. The first-order valence-corrected chi connectivity index (χ1v) is 8.80. The van der Waals surface area contributed by atoms with Crippen molar-refractivity contribution in [3.05, 3.63) is 59.9 Å². The highest BCUT2D eigenvalue weighted by Gasteiger charge is 2.20. The number of nitriles is 1. The maximum absolute atomic E-state index is 13.1. The van der Waals surface area contributed by atoms with Crippen LogP contribution in [0, 0.1) is 17.1 Å². The number of para-hydroxylation sites is 1. The van der Waals surface area contributed by atoms with Crippen molar-refractivity contribution < 1.29 is 9.18 Å². The molecule has 0 fully saturated rings. The summed E-state index contributed by atoms with van der Waals surface area (Å²) in [6.45, 7) is 1.70. The molecule has 136 valence electrons. The highest BCUT2D eigenvalue weighted by atomic mass is 32.2. The van der Waals surface area contributed by atoms with Gasteiger partial charge in [-0.2, -0.15) is 5.26 Å².